The maximum atomic E-state index is 12.0. The molecule has 1 amide bonds. The second kappa shape index (κ2) is 6.55. The van der Waals surface area contributed by atoms with Crippen LogP contribution in [0.1, 0.15) is 43.5 Å². The van der Waals surface area contributed by atoms with Crippen LogP contribution in [0, 0.1) is 11.8 Å². The van der Waals surface area contributed by atoms with Crippen LogP contribution in [0.4, 0.5) is 0 Å². The fourth-order valence-corrected chi connectivity index (χ4v) is 2.65. The van der Waals surface area contributed by atoms with Crippen molar-refractivity contribution in [3.05, 3.63) is 29.8 Å². The number of hydrazone groups is 1. The monoisotopic (exact) mass is 274 g/mol. The van der Waals surface area contributed by atoms with Crippen LogP contribution in [-0.4, -0.2) is 18.7 Å². The summed E-state index contributed by atoms with van der Waals surface area (Å²) >= 11 is 0. The molecule has 20 heavy (non-hydrogen) atoms. The van der Waals surface area contributed by atoms with Crippen molar-refractivity contribution in [2.24, 2.45) is 16.9 Å². The molecule has 4 heteroatoms. The topological polar surface area (TPSA) is 50.7 Å². The molecule has 1 N–H and O–H groups in total. The molecule has 1 aromatic rings. The molecule has 0 saturated heterocycles. The zero-order valence-corrected chi connectivity index (χ0v) is 12.3. The third-order valence-electron chi connectivity index (χ3n) is 3.92. The van der Waals surface area contributed by atoms with Gasteiger partial charge in [-0.05, 0) is 48.9 Å². The Kier molecular flexibility index (Phi) is 4.77. The van der Waals surface area contributed by atoms with Gasteiger partial charge in [0.05, 0.1) is 7.11 Å². The highest BCUT2D eigenvalue weighted by Gasteiger charge is 2.23. The molecule has 1 fully saturated rings. The summed E-state index contributed by atoms with van der Waals surface area (Å²) in [7, 11) is 1.60. The molecule has 0 radical (unpaired) electrons. The van der Waals surface area contributed by atoms with E-state index in [1.54, 1.807) is 31.4 Å². The van der Waals surface area contributed by atoms with Crippen LogP contribution in [0.3, 0.4) is 0 Å². The highest BCUT2D eigenvalue weighted by molar-refractivity contribution is 5.96. The van der Waals surface area contributed by atoms with Crippen LogP contribution in [0.25, 0.3) is 0 Å². The minimum absolute atomic E-state index is 0.176. The Labute approximate surface area is 120 Å². The van der Waals surface area contributed by atoms with Gasteiger partial charge < -0.3 is 4.74 Å². The minimum Gasteiger partial charge on any atom is -0.497 e. The van der Waals surface area contributed by atoms with Gasteiger partial charge in [-0.25, -0.2) is 5.43 Å². The normalized spacial score (nSPS) is 22.2. The Bertz CT molecular complexity index is 482. The van der Waals surface area contributed by atoms with Crippen LogP contribution in [0.2, 0.25) is 0 Å². The maximum Gasteiger partial charge on any atom is 0.271 e. The second-order valence-corrected chi connectivity index (χ2v) is 5.44. The highest BCUT2D eigenvalue weighted by Crippen LogP contribution is 2.25. The molecule has 1 aliphatic carbocycles. The number of carbonyl (C=O) groups excluding carboxylic acids is 1. The lowest BCUT2D eigenvalue weighted by molar-refractivity contribution is 0.0954. The number of benzene rings is 1. The van der Waals surface area contributed by atoms with E-state index in [2.05, 4.69) is 24.4 Å². The van der Waals surface area contributed by atoms with Gasteiger partial charge in [-0.2, -0.15) is 5.10 Å². The SMILES string of the molecule is COc1ccc(C(=O)NN=C2[C@@H](C)CCC[C@@H]2C)cc1. The van der Waals surface area contributed by atoms with Crippen LogP contribution in [0.5, 0.6) is 5.75 Å². The Morgan fingerprint density at radius 3 is 2.35 bits per heavy atom. The Balaban J connectivity index is 2.03. The van der Waals surface area contributed by atoms with Crippen molar-refractivity contribution in [3.63, 3.8) is 0 Å². The van der Waals surface area contributed by atoms with Crippen molar-refractivity contribution in [2.45, 2.75) is 33.1 Å². The van der Waals surface area contributed by atoms with Crippen molar-refractivity contribution >= 4 is 11.6 Å². The zero-order chi connectivity index (χ0) is 14.5. The van der Waals surface area contributed by atoms with Crippen LogP contribution < -0.4 is 10.2 Å². The van der Waals surface area contributed by atoms with E-state index in [-0.39, 0.29) is 5.91 Å². The first-order valence-corrected chi connectivity index (χ1v) is 7.13. The first kappa shape index (κ1) is 14.6. The number of nitrogens with one attached hydrogen (secondary N) is 1. The summed E-state index contributed by atoms with van der Waals surface area (Å²) in [6, 6.07) is 7.02. The van der Waals surface area contributed by atoms with Gasteiger partial charge in [0.2, 0.25) is 0 Å². The Hall–Kier alpha value is -1.84. The minimum atomic E-state index is -0.176. The number of amides is 1. The standard InChI is InChI=1S/C16H22N2O2/c1-11-5-4-6-12(2)15(11)17-18-16(19)13-7-9-14(20-3)10-8-13/h7-12H,4-6H2,1-3H3,(H,18,19)/t11-,12-/m0/s1. The first-order valence-electron chi connectivity index (χ1n) is 7.13. The van der Waals surface area contributed by atoms with Crippen molar-refractivity contribution in [1.29, 1.82) is 0 Å². The molecular formula is C16H22N2O2. The van der Waals surface area contributed by atoms with Crippen LogP contribution in [-0.2, 0) is 0 Å². The smallest absolute Gasteiger partial charge is 0.271 e. The Morgan fingerprint density at radius 2 is 1.80 bits per heavy atom. The van der Waals surface area contributed by atoms with E-state index in [1.807, 2.05) is 0 Å². The molecule has 2 rings (SSSR count). The average Bonchev–Trinajstić information content (AvgIpc) is 2.46. The molecule has 2 atom stereocenters. The van der Waals surface area contributed by atoms with E-state index < -0.39 is 0 Å². The van der Waals surface area contributed by atoms with Crippen molar-refractivity contribution in [2.75, 3.05) is 7.11 Å². The summed E-state index contributed by atoms with van der Waals surface area (Å²) in [6.07, 6.45) is 3.55. The largest absolute Gasteiger partial charge is 0.497 e. The quantitative estimate of drug-likeness (QED) is 0.860. The Morgan fingerprint density at radius 1 is 1.20 bits per heavy atom. The molecule has 0 aromatic heterocycles. The molecule has 0 aliphatic heterocycles. The van der Waals surface area contributed by atoms with Gasteiger partial charge in [0, 0.05) is 11.3 Å². The van der Waals surface area contributed by atoms with Gasteiger partial charge in [0.15, 0.2) is 0 Å². The number of carbonyl (C=O) groups is 1. The number of rotatable bonds is 3. The number of hydrogen-bond donors (Lipinski definition) is 1. The van der Waals surface area contributed by atoms with E-state index in [0.717, 1.165) is 24.3 Å². The van der Waals surface area contributed by atoms with Crippen molar-refractivity contribution < 1.29 is 9.53 Å². The molecule has 1 aliphatic rings. The lowest BCUT2D eigenvalue weighted by Crippen LogP contribution is -2.29. The van der Waals surface area contributed by atoms with Crippen molar-refractivity contribution in [3.8, 4) is 5.75 Å². The van der Waals surface area contributed by atoms with E-state index in [4.69, 9.17) is 4.74 Å². The summed E-state index contributed by atoms with van der Waals surface area (Å²) in [4.78, 5) is 12.0. The van der Waals surface area contributed by atoms with E-state index in [9.17, 15) is 4.79 Å². The van der Waals surface area contributed by atoms with E-state index in [1.165, 1.54) is 6.42 Å². The number of ether oxygens (including phenoxy) is 1. The summed E-state index contributed by atoms with van der Waals surface area (Å²) in [5, 5.41) is 4.35. The third kappa shape index (κ3) is 3.38. The van der Waals surface area contributed by atoms with Crippen LogP contribution >= 0.6 is 0 Å². The summed E-state index contributed by atoms with van der Waals surface area (Å²) in [6.45, 7) is 4.35. The molecule has 0 spiro atoms. The number of nitrogens with zero attached hydrogens (tertiary/aromatic N) is 1. The number of hydrogen-bond acceptors (Lipinski definition) is 3. The fraction of sp³-hybridized carbons (Fsp3) is 0.500. The summed E-state index contributed by atoms with van der Waals surface area (Å²) < 4.78 is 5.07. The molecule has 0 unspecified atom stereocenters. The molecular weight excluding hydrogens is 252 g/mol. The summed E-state index contributed by atoms with van der Waals surface area (Å²) in [5.74, 6) is 1.47. The lowest BCUT2D eigenvalue weighted by Gasteiger charge is -2.26. The zero-order valence-electron chi connectivity index (χ0n) is 12.3. The van der Waals surface area contributed by atoms with Crippen molar-refractivity contribution in [1.82, 2.24) is 5.43 Å². The molecule has 1 saturated carbocycles. The van der Waals surface area contributed by atoms with Gasteiger partial charge in [-0.1, -0.05) is 20.3 Å². The molecule has 1 aromatic carbocycles. The molecule has 4 nitrogen and oxygen atoms in total. The fourth-order valence-electron chi connectivity index (χ4n) is 2.65. The predicted molar refractivity (Wildman–Crippen MR) is 80.1 cm³/mol. The van der Waals surface area contributed by atoms with Gasteiger partial charge in [0.1, 0.15) is 5.75 Å². The number of methoxy groups -OCH3 is 1. The molecule has 108 valence electrons. The third-order valence-corrected chi connectivity index (χ3v) is 3.92. The predicted octanol–water partition coefficient (Wildman–Crippen LogP) is 3.24. The van der Waals surface area contributed by atoms with Gasteiger partial charge in [0.25, 0.3) is 5.91 Å². The summed E-state index contributed by atoms with van der Waals surface area (Å²) in [5.41, 5.74) is 4.37. The maximum absolute atomic E-state index is 12.0. The van der Waals surface area contributed by atoms with Gasteiger partial charge >= 0.3 is 0 Å². The lowest BCUT2D eigenvalue weighted by atomic mass is 9.81. The van der Waals surface area contributed by atoms with E-state index in [0.29, 0.717) is 17.4 Å². The second-order valence-electron chi connectivity index (χ2n) is 5.44. The van der Waals surface area contributed by atoms with E-state index >= 15 is 0 Å². The highest BCUT2D eigenvalue weighted by atomic mass is 16.5. The molecule has 0 bridgehead atoms. The average molecular weight is 274 g/mol. The van der Waals surface area contributed by atoms with Gasteiger partial charge in [-0.15, -0.1) is 0 Å². The first-order chi connectivity index (χ1) is 9.61. The molecule has 0 heterocycles. The van der Waals surface area contributed by atoms with Crippen LogP contribution in [0.15, 0.2) is 29.4 Å². The van der Waals surface area contributed by atoms with Gasteiger partial charge in [-0.3, -0.25) is 4.79 Å².